The van der Waals surface area contributed by atoms with Gasteiger partial charge in [0.1, 0.15) is 12.6 Å². The highest BCUT2D eigenvalue weighted by Gasteiger charge is 2.25. The maximum Gasteiger partial charge on any atom is 0.305 e. The molecule has 2 N–H and O–H groups in total. The lowest BCUT2D eigenvalue weighted by Gasteiger charge is -2.16. The van der Waals surface area contributed by atoms with Crippen LogP contribution in [0.1, 0.15) is 12.0 Å². The van der Waals surface area contributed by atoms with Gasteiger partial charge in [0, 0.05) is 10.6 Å². The summed E-state index contributed by atoms with van der Waals surface area (Å²) < 4.78 is 1.30. The minimum atomic E-state index is -1.19. The number of Topliss-reactive ketones (excluding diaryl/α,β-unsaturated/α-hetero) is 1. The van der Waals surface area contributed by atoms with Gasteiger partial charge in [-0.1, -0.05) is 60.3 Å². The zero-order valence-corrected chi connectivity index (χ0v) is 18.6. The Hall–Kier alpha value is -3.18. The summed E-state index contributed by atoms with van der Waals surface area (Å²) in [6.45, 7) is -0.255. The number of hydrogen-bond acceptors (Lipinski definition) is 8. The highest BCUT2D eigenvalue weighted by molar-refractivity contribution is 8.13. The van der Waals surface area contributed by atoms with Gasteiger partial charge in [0.15, 0.2) is 5.78 Å². The van der Waals surface area contributed by atoms with Crippen LogP contribution >= 0.6 is 23.5 Å². The summed E-state index contributed by atoms with van der Waals surface area (Å²) in [4.78, 5) is 37.2. The van der Waals surface area contributed by atoms with Crippen molar-refractivity contribution >= 4 is 40.5 Å². The summed E-state index contributed by atoms with van der Waals surface area (Å²) >= 11 is 2.29. The molecule has 2 aromatic carbocycles. The van der Waals surface area contributed by atoms with Crippen LogP contribution in [0.3, 0.4) is 0 Å². The molecule has 1 amide bonds. The molecule has 32 heavy (non-hydrogen) atoms. The molecule has 9 nitrogen and oxygen atoms in total. The molecule has 0 aliphatic carbocycles. The standard InChI is InChI=1S/C21H21N5O4S2/c27-18(14-26-20(23-24-25-26)32-16-9-5-2-6-10-16)17(13-19(28)29)22-21(30)31-12-11-15-7-3-1-4-8-15/h1-10,17H,11-14H2,(H,22,30)(H,28,29). The second-order valence-corrected chi connectivity index (χ2v) is 8.78. The van der Waals surface area contributed by atoms with Crippen LogP contribution in [-0.4, -0.2) is 54.1 Å². The Balaban J connectivity index is 1.57. The number of carboxylic acid groups (broad SMARTS) is 1. The maximum absolute atomic E-state index is 12.8. The van der Waals surface area contributed by atoms with E-state index in [1.807, 2.05) is 60.7 Å². The van der Waals surface area contributed by atoms with Crippen LogP contribution in [0.25, 0.3) is 0 Å². The predicted molar refractivity (Wildman–Crippen MR) is 121 cm³/mol. The van der Waals surface area contributed by atoms with Gasteiger partial charge in [-0.25, -0.2) is 4.68 Å². The lowest BCUT2D eigenvalue weighted by atomic mass is 10.1. The summed E-state index contributed by atoms with van der Waals surface area (Å²) in [5.41, 5.74) is 1.09. The number of ketones is 1. The van der Waals surface area contributed by atoms with Crippen molar-refractivity contribution in [2.24, 2.45) is 0 Å². The number of hydrogen-bond donors (Lipinski definition) is 2. The molecule has 11 heteroatoms. The third-order valence-corrected chi connectivity index (χ3v) is 6.05. The van der Waals surface area contributed by atoms with Crippen molar-refractivity contribution in [3.8, 4) is 0 Å². The number of carboxylic acids is 1. The molecule has 3 aromatic rings. The summed E-state index contributed by atoms with van der Waals surface area (Å²) in [6.07, 6.45) is 0.161. The number of benzene rings is 2. The number of aromatic nitrogens is 4. The molecule has 0 aliphatic rings. The summed E-state index contributed by atoms with van der Waals surface area (Å²) in [6, 6.07) is 17.9. The van der Waals surface area contributed by atoms with Crippen LogP contribution < -0.4 is 5.32 Å². The van der Waals surface area contributed by atoms with Gasteiger partial charge < -0.3 is 10.4 Å². The third-order valence-electron chi connectivity index (χ3n) is 4.28. The van der Waals surface area contributed by atoms with Crippen molar-refractivity contribution in [2.45, 2.75) is 35.5 Å². The SMILES string of the molecule is O=C(O)CC(NC(=O)SCCc1ccccc1)C(=O)Cn1nnnc1Sc1ccccc1. The number of amides is 1. The lowest BCUT2D eigenvalue weighted by Crippen LogP contribution is -2.42. The summed E-state index contributed by atoms with van der Waals surface area (Å²) in [5, 5.41) is 23.0. The average Bonchev–Trinajstić information content (AvgIpc) is 3.21. The zero-order chi connectivity index (χ0) is 22.8. The Kier molecular flexibility index (Phi) is 8.81. The van der Waals surface area contributed by atoms with Crippen LogP contribution in [0.5, 0.6) is 0 Å². The molecule has 0 bridgehead atoms. The molecular formula is C21H21N5O4S2. The van der Waals surface area contributed by atoms with Gasteiger partial charge in [-0.15, -0.1) is 5.10 Å². The lowest BCUT2D eigenvalue weighted by molar-refractivity contribution is -0.139. The van der Waals surface area contributed by atoms with Crippen LogP contribution in [-0.2, 0) is 22.6 Å². The Labute approximate surface area is 193 Å². The minimum absolute atomic E-state index is 0.255. The smallest absolute Gasteiger partial charge is 0.305 e. The molecule has 1 unspecified atom stereocenters. The van der Waals surface area contributed by atoms with E-state index in [-0.39, 0.29) is 6.54 Å². The van der Waals surface area contributed by atoms with Gasteiger partial charge in [0.05, 0.1) is 6.42 Å². The first kappa shape index (κ1) is 23.5. The number of carbonyl (C=O) groups is 3. The second kappa shape index (κ2) is 12.0. The van der Waals surface area contributed by atoms with Gasteiger partial charge in [-0.2, -0.15) is 0 Å². The highest BCUT2D eigenvalue weighted by Crippen LogP contribution is 2.24. The molecule has 1 aromatic heterocycles. The number of nitrogens with one attached hydrogen (secondary N) is 1. The molecule has 0 saturated heterocycles. The van der Waals surface area contributed by atoms with Crippen molar-refractivity contribution in [3.63, 3.8) is 0 Å². The molecule has 1 heterocycles. The Bertz CT molecular complexity index is 1050. The summed E-state index contributed by atoms with van der Waals surface area (Å²) in [7, 11) is 0. The fourth-order valence-corrected chi connectivity index (χ4v) is 4.27. The molecule has 0 fully saturated rings. The molecular weight excluding hydrogens is 450 g/mol. The van der Waals surface area contributed by atoms with Crippen molar-refractivity contribution in [1.82, 2.24) is 25.5 Å². The number of aliphatic carboxylic acids is 1. The van der Waals surface area contributed by atoms with E-state index in [4.69, 9.17) is 0 Å². The largest absolute Gasteiger partial charge is 0.481 e. The van der Waals surface area contributed by atoms with E-state index in [1.165, 1.54) is 16.4 Å². The van der Waals surface area contributed by atoms with Crippen molar-refractivity contribution in [3.05, 3.63) is 66.2 Å². The van der Waals surface area contributed by atoms with Gasteiger partial charge in [0.25, 0.3) is 5.24 Å². The first-order valence-corrected chi connectivity index (χ1v) is 11.5. The zero-order valence-electron chi connectivity index (χ0n) is 17.0. The van der Waals surface area contributed by atoms with Gasteiger partial charge in [-0.3, -0.25) is 14.4 Å². The fraction of sp³-hybridized carbons (Fsp3) is 0.238. The number of nitrogens with zero attached hydrogens (tertiary/aromatic N) is 4. The molecule has 0 saturated carbocycles. The van der Waals surface area contributed by atoms with Crippen LogP contribution in [0.15, 0.2) is 70.7 Å². The fourth-order valence-electron chi connectivity index (χ4n) is 2.73. The van der Waals surface area contributed by atoms with Crippen molar-refractivity contribution < 1.29 is 19.5 Å². The van der Waals surface area contributed by atoms with Crippen LogP contribution in [0, 0.1) is 0 Å². The van der Waals surface area contributed by atoms with Crippen LogP contribution in [0.4, 0.5) is 4.79 Å². The van der Waals surface area contributed by atoms with E-state index in [0.29, 0.717) is 17.3 Å². The van der Waals surface area contributed by atoms with Gasteiger partial charge in [0.2, 0.25) is 5.16 Å². The molecule has 0 radical (unpaired) electrons. The molecule has 3 rings (SSSR count). The van der Waals surface area contributed by atoms with Gasteiger partial charge in [-0.05, 0) is 46.3 Å². The van der Waals surface area contributed by atoms with Crippen LogP contribution in [0.2, 0.25) is 0 Å². The van der Waals surface area contributed by atoms with Crippen molar-refractivity contribution in [1.29, 1.82) is 0 Å². The number of thioether (sulfide) groups is 1. The predicted octanol–water partition coefficient (Wildman–Crippen LogP) is 2.92. The van der Waals surface area contributed by atoms with E-state index in [0.717, 1.165) is 22.2 Å². The molecule has 0 aliphatic heterocycles. The Morgan fingerprint density at radius 3 is 2.41 bits per heavy atom. The number of carbonyl (C=O) groups excluding carboxylic acids is 2. The first-order chi connectivity index (χ1) is 15.5. The number of rotatable bonds is 11. The van der Waals surface area contributed by atoms with E-state index in [9.17, 15) is 19.5 Å². The number of tetrazole rings is 1. The third kappa shape index (κ3) is 7.50. The quantitative estimate of drug-likeness (QED) is 0.434. The molecule has 0 spiro atoms. The van der Waals surface area contributed by atoms with Crippen molar-refractivity contribution in [2.75, 3.05) is 5.75 Å². The molecule has 166 valence electrons. The first-order valence-electron chi connectivity index (χ1n) is 9.72. The minimum Gasteiger partial charge on any atom is -0.481 e. The topological polar surface area (TPSA) is 127 Å². The maximum atomic E-state index is 12.8. The molecule has 1 atom stereocenters. The number of aryl methyl sites for hydroxylation is 1. The Morgan fingerprint density at radius 1 is 1.03 bits per heavy atom. The Morgan fingerprint density at radius 2 is 1.72 bits per heavy atom. The second-order valence-electron chi connectivity index (χ2n) is 6.67. The highest BCUT2D eigenvalue weighted by atomic mass is 32.2. The normalized spacial score (nSPS) is 11.6. The van der Waals surface area contributed by atoms with E-state index in [1.54, 1.807) is 0 Å². The monoisotopic (exact) mass is 471 g/mol. The average molecular weight is 472 g/mol. The van der Waals surface area contributed by atoms with Gasteiger partial charge >= 0.3 is 5.97 Å². The summed E-state index contributed by atoms with van der Waals surface area (Å²) in [5.74, 6) is -1.17. The van der Waals surface area contributed by atoms with E-state index < -0.39 is 29.5 Å². The van der Waals surface area contributed by atoms with E-state index >= 15 is 0 Å². The van der Waals surface area contributed by atoms with E-state index in [2.05, 4.69) is 20.8 Å².